The summed E-state index contributed by atoms with van der Waals surface area (Å²) >= 11 is 0. The van der Waals surface area contributed by atoms with E-state index in [0.717, 1.165) is 44.2 Å². The molecule has 0 bridgehead atoms. The van der Waals surface area contributed by atoms with E-state index in [1.54, 1.807) is 0 Å². The number of morpholine rings is 1. The highest BCUT2D eigenvalue weighted by Gasteiger charge is 2.38. The predicted molar refractivity (Wildman–Crippen MR) is 101 cm³/mol. The Hall–Kier alpha value is -1.24. The number of fused-ring (bicyclic) bond motifs is 1. The van der Waals surface area contributed by atoms with Crippen LogP contribution in [0.4, 0.5) is 5.95 Å². The van der Waals surface area contributed by atoms with E-state index in [4.69, 9.17) is 9.72 Å². The number of hydrogen-bond donors (Lipinski definition) is 1. The molecule has 2 saturated heterocycles. The highest BCUT2D eigenvalue weighted by atomic mass is 16.5. The molecular weight excluding hydrogens is 328 g/mol. The van der Waals surface area contributed by atoms with Gasteiger partial charge >= 0.3 is 0 Å². The van der Waals surface area contributed by atoms with Crippen molar-refractivity contribution in [2.45, 2.75) is 76.9 Å². The number of aromatic nitrogens is 2. The molecule has 3 aliphatic rings. The molecule has 1 N–H and O–H groups in total. The van der Waals surface area contributed by atoms with Crippen LogP contribution < -0.4 is 4.90 Å². The number of likely N-dealkylation sites (tertiary alicyclic amines) is 1. The molecule has 4 rings (SSSR count). The molecular formula is C20H32N4O2. The van der Waals surface area contributed by atoms with Crippen LogP contribution in [0.2, 0.25) is 0 Å². The van der Waals surface area contributed by atoms with Gasteiger partial charge in [-0.05, 0) is 39.2 Å². The zero-order valence-electron chi connectivity index (χ0n) is 16.0. The Bertz CT molecular complexity index is 603. The molecule has 1 saturated carbocycles. The quantitative estimate of drug-likeness (QED) is 0.892. The second-order valence-electron chi connectivity index (χ2n) is 8.35. The van der Waals surface area contributed by atoms with Crippen LogP contribution in [0.15, 0.2) is 12.3 Å². The molecule has 0 spiro atoms. The van der Waals surface area contributed by atoms with Gasteiger partial charge in [-0.2, -0.15) is 0 Å². The standard InChI is InChI=1S/C20H32N4O2/c1-14-11-24(12-15(2)26-14)20-21-9-7-16(22-20)13-23-10-8-19(25)17-5-3-4-6-18(17)23/h7,9,14-15,17-19,25H,3-6,8,10-13H2,1-2H3/t14-,15-,17+,18+,19+/m1/s1. The Balaban J connectivity index is 1.47. The van der Waals surface area contributed by atoms with E-state index in [2.05, 4.69) is 28.6 Å². The van der Waals surface area contributed by atoms with Crippen molar-refractivity contribution in [3.63, 3.8) is 0 Å². The number of rotatable bonds is 3. The minimum atomic E-state index is -0.117. The summed E-state index contributed by atoms with van der Waals surface area (Å²) in [7, 11) is 0. The minimum Gasteiger partial charge on any atom is -0.393 e. The highest BCUT2D eigenvalue weighted by Crippen LogP contribution is 2.36. The van der Waals surface area contributed by atoms with Crippen LogP contribution in [0.3, 0.4) is 0 Å². The maximum atomic E-state index is 10.4. The first-order valence-electron chi connectivity index (χ1n) is 10.2. The van der Waals surface area contributed by atoms with Crippen LogP contribution in [0, 0.1) is 5.92 Å². The average Bonchev–Trinajstić information content (AvgIpc) is 2.64. The van der Waals surface area contributed by atoms with Crippen LogP contribution in [-0.4, -0.2) is 64.0 Å². The monoisotopic (exact) mass is 360 g/mol. The fraction of sp³-hybridized carbons (Fsp3) is 0.800. The number of hydrogen-bond acceptors (Lipinski definition) is 6. The molecule has 6 heteroatoms. The molecule has 0 unspecified atom stereocenters. The van der Waals surface area contributed by atoms with E-state index in [0.29, 0.717) is 12.0 Å². The Morgan fingerprint density at radius 1 is 1.15 bits per heavy atom. The molecule has 2 aliphatic heterocycles. The minimum absolute atomic E-state index is 0.117. The van der Waals surface area contributed by atoms with Crippen LogP contribution in [0.1, 0.15) is 51.6 Å². The summed E-state index contributed by atoms with van der Waals surface area (Å²) in [5.74, 6) is 1.27. The molecule has 6 nitrogen and oxygen atoms in total. The fourth-order valence-electron chi connectivity index (χ4n) is 5.09. The van der Waals surface area contributed by atoms with E-state index in [-0.39, 0.29) is 18.3 Å². The lowest BCUT2D eigenvalue weighted by atomic mass is 9.76. The van der Waals surface area contributed by atoms with Crippen molar-refractivity contribution < 1.29 is 9.84 Å². The van der Waals surface area contributed by atoms with Crippen LogP contribution >= 0.6 is 0 Å². The SMILES string of the molecule is C[C@@H]1CN(c2nccc(CN3CC[C@H](O)[C@H]4CCCC[C@@H]43)n2)C[C@@H](C)O1. The topological polar surface area (TPSA) is 61.7 Å². The van der Waals surface area contributed by atoms with Crippen LogP contribution in [-0.2, 0) is 11.3 Å². The molecule has 1 aliphatic carbocycles. The normalized spacial score (nSPS) is 36.0. The van der Waals surface area contributed by atoms with E-state index in [9.17, 15) is 5.11 Å². The second-order valence-corrected chi connectivity index (χ2v) is 8.35. The number of nitrogens with zero attached hydrogens (tertiary/aromatic N) is 4. The predicted octanol–water partition coefficient (Wildman–Crippen LogP) is 2.22. The molecule has 0 aromatic carbocycles. The van der Waals surface area contributed by atoms with Gasteiger partial charge in [-0.25, -0.2) is 9.97 Å². The van der Waals surface area contributed by atoms with Crippen LogP contribution in [0.25, 0.3) is 0 Å². The van der Waals surface area contributed by atoms with Crippen molar-refractivity contribution in [2.24, 2.45) is 5.92 Å². The van der Waals surface area contributed by atoms with Gasteiger partial charge in [0.05, 0.1) is 24.0 Å². The van der Waals surface area contributed by atoms with Gasteiger partial charge in [0.1, 0.15) is 0 Å². The van der Waals surface area contributed by atoms with Crippen molar-refractivity contribution in [1.82, 2.24) is 14.9 Å². The van der Waals surface area contributed by atoms with Gasteiger partial charge in [0, 0.05) is 44.3 Å². The Morgan fingerprint density at radius 3 is 2.73 bits per heavy atom. The first kappa shape index (κ1) is 18.1. The number of ether oxygens (including phenoxy) is 1. The highest BCUT2D eigenvalue weighted by molar-refractivity contribution is 5.31. The molecule has 26 heavy (non-hydrogen) atoms. The van der Waals surface area contributed by atoms with Gasteiger partial charge in [-0.15, -0.1) is 0 Å². The molecule has 3 heterocycles. The average molecular weight is 361 g/mol. The van der Waals surface area contributed by atoms with Crippen molar-refractivity contribution in [1.29, 1.82) is 0 Å². The lowest BCUT2D eigenvalue weighted by Crippen LogP contribution is -2.52. The summed E-state index contributed by atoms with van der Waals surface area (Å²) in [6.07, 6.45) is 7.99. The summed E-state index contributed by atoms with van der Waals surface area (Å²) in [4.78, 5) is 14.2. The van der Waals surface area contributed by atoms with Gasteiger partial charge < -0.3 is 14.7 Å². The molecule has 1 aromatic rings. The van der Waals surface area contributed by atoms with Crippen LogP contribution in [0.5, 0.6) is 0 Å². The zero-order valence-corrected chi connectivity index (χ0v) is 16.0. The smallest absolute Gasteiger partial charge is 0.225 e. The largest absolute Gasteiger partial charge is 0.393 e. The van der Waals surface area contributed by atoms with Gasteiger partial charge in [-0.1, -0.05) is 12.8 Å². The van der Waals surface area contributed by atoms with Crippen molar-refractivity contribution >= 4 is 5.95 Å². The van der Waals surface area contributed by atoms with Crippen molar-refractivity contribution in [3.05, 3.63) is 18.0 Å². The van der Waals surface area contributed by atoms with Gasteiger partial charge in [0.25, 0.3) is 0 Å². The first-order valence-corrected chi connectivity index (χ1v) is 10.2. The summed E-state index contributed by atoms with van der Waals surface area (Å²) in [6.45, 7) is 7.72. The maximum Gasteiger partial charge on any atom is 0.225 e. The Labute approximate surface area is 156 Å². The molecule has 5 atom stereocenters. The molecule has 144 valence electrons. The fourth-order valence-corrected chi connectivity index (χ4v) is 5.09. The number of aliphatic hydroxyl groups excluding tert-OH is 1. The molecule has 3 fully saturated rings. The van der Waals surface area contributed by atoms with Crippen molar-refractivity contribution in [2.75, 3.05) is 24.5 Å². The van der Waals surface area contributed by atoms with Gasteiger partial charge in [-0.3, -0.25) is 4.90 Å². The molecule has 0 amide bonds. The maximum absolute atomic E-state index is 10.4. The van der Waals surface area contributed by atoms with E-state index in [1.807, 2.05) is 12.3 Å². The van der Waals surface area contributed by atoms with E-state index < -0.39 is 0 Å². The zero-order chi connectivity index (χ0) is 18.1. The number of aliphatic hydroxyl groups is 1. The van der Waals surface area contributed by atoms with E-state index in [1.165, 1.54) is 25.7 Å². The molecule has 1 aromatic heterocycles. The Kier molecular flexibility index (Phi) is 5.43. The third kappa shape index (κ3) is 3.87. The summed E-state index contributed by atoms with van der Waals surface area (Å²) in [5, 5.41) is 10.4. The van der Waals surface area contributed by atoms with Gasteiger partial charge in [0.15, 0.2) is 0 Å². The third-order valence-electron chi connectivity index (χ3n) is 6.22. The first-order chi connectivity index (χ1) is 12.6. The van der Waals surface area contributed by atoms with Gasteiger partial charge in [0.2, 0.25) is 5.95 Å². The second kappa shape index (κ2) is 7.79. The van der Waals surface area contributed by atoms with E-state index >= 15 is 0 Å². The lowest BCUT2D eigenvalue weighted by molar-refractivity contribution is -0.0398. The third-order valence-corrected chi connectivity index (χ3v) is 6.22. The summed E-state index contributed by atoms with van der Waals surface area (Å²) in [6, 6.07) is 2.55. The summed E-state index contributed by atoms with van der Waals surface area (Å²) in [5.41, 5.74) is 1.09. The Morgan fingerprint density at radius 2 is 1.92 bits per heavy atom. The summed E-state index contributed by atoms with van der Waals surface area (Å²) < 4.78 is 5.83. The number of anilines is 1. The number of piperidine rings is 1. The molecule has 0 radical (unpaired) electrons. The lowest BCUT2D eigenvalue weighted by Gasteiger charge is -2.46. The van der Waals surface area contributed by atoms with Crippen molar-refractivity contribution in [3.8, 4) is 0 Å².